The number of aromatic amines is 1. The molecule has 1 aliphatic heterocycles. The third-order valence-electron chi connectivity index (χ3n) is 8.17. The fourth-order valence-electron chi connectivity index (χ4n) is 5.56. The second kappa shape index (κ2) is 9.12. The van der Waals surface area contributed by atoms with Gasteiger partial charge in [0.2, 0.25) is 0 Å². The molecule has 2 aliphatic rings. The van der Waals surface area contributed by atoms with Crippen molar-refractivity contribution in [2.45, 2.75) is 43.9 Å². The van der Waals surface area contributed by atoms with Crippen LogP contribution in [0.3, 0.4) is 0 Å². The first-order chi connectivity index (χ1) is 17.5. The quantitative estimate of drug-likeness (QED) is 0.403. The van der Waals surface area contributed by atoms with Crippen LogP contribution in [-0.2, 0) is 10.2 Å². The number of rotatable bonds is 7. The highest BCUT2D eigenvalue weighted by molar-refractivity contribution is 7.18. The average molecular weight is 500 g/mol. The number of anilines is 1. The standard InChI is InChI=1S/C29H33N5OS/c1-18-19(2)31-17-22(18)24-5-6-25-27(32-24)36-28(33-25)29(3)16-23(29)26-15-21(7-11-30-26)34-12-8-20(9-13-34)10-14-35-4/h5-7,11,15,17,20,23,31H,1-2,8-10,12-14,16H2,3-4H3. The lowest BCUT2D eigenvalue weighted by Gasteiger charge is -2.33. The number of H-pyrrole nitrogens is 1. The number of pyridine rings is 2. The Kier molecular flexibility index (Phi) is 5.92. The molecule has 7 heteroatoms. The molecule has 6 nitrogen and oxygen atoms in total. The molecule has 2 atom stereocenters. The number of fused-ring (bicyclic) bond motifs is 1. The van der Waals surface area contributed by atoms with Crippen molar-refractivity contribution in [1.29, 1.82) is 0 Å². The van der Waals surface area contributed by atoms with E-state index in [0.717, 1.165) is 69.2 Å². The monoisotopic (exact) mass is 499 g/mol. The van der Waals surface area contributed by atoms with E-state index in [4.69, 9.17) is 19.7 Å². The van der Waals surface area contributed by atoms with Crippen LogP contribution >= 0.6 is 11.3 Å². The molecular weight excluding hydrogens is 466 g/mol. The van der Waals surface area contributed by atoms with Gasteiger partial charge in [0.05, 0.1) is 5.69 Å². The maximum Gasteiger partial charge on any atom is 0.144 e. The summed E-state index contributed by atoms with van der Waals surface area (Å²) in [7, 11) is 1.79. The van der Waals surface area contributed by atoms with Crippen molar-refractivity contribution in [2.75, 3.05) is 31.7 Å². The van der Waals surface area contributed by atoms with Gasteiger partial charge in [-0.1, -0.05) is 31.4 Å². The lowest BCUT2D eigenvalue weighted by Crippen LogP contribution is -2.34. The molecule has 186 valence electrons. The second-order valence-electron chi connectivity index (χ2n) is 10.5. The van der Waals surface area contributed by atoms with Crippen molar-refractivity contribution in [3.05, 3.63) is 57.9 Å². The second-order valence-corrected chi connectivity index (χ2v) is 11.5. The lowest BCUT2D eigenvalue weighted by molar-refractivity contribution is 0.170. The highest BCUT2D eigenvalue weighted by atomic mass is 32.1. The van der Waals surface area contributed by atoms with Crippen molar-refractivity contribution >= 4 is 40.5 Å². The van der Waals surface area contributed by atoms with Gasteiger partial charge in [0.25, 0.3) is 0 Å². The molecule has 0 amide bonds. The van der Waals surface area contributed by atoms with Crippen LogP contribution in [0.15, 0.2) is 36.7 Å². The third kappa shape index (κ3) is 4.14. The molecule has 0 spiro atoms. The molecule has 4 aromatic rings. The van der Waals surface area contributed by atoms with E-state index in [9.17, 15) is 0 Å². The van der Waals surface area contributed by atoms with Crippen LogP contribution in [0.2, 0.25) is 0 Å². The van der Waals surface area contributed by atoms with Crippen molar-refractivity contribution in [3.8, 4) is 11.3 Å². The molecule has 0 bridgehead atoms. The number of hydrogen-bond acceptors (Lipinski definition) is 6. The summed E-state index contributed by atoms with van der Waals surface area (Å²) in [6.07, 6.45) is 8.62. The van der Waals surface area contributed by atoms with Crippen LogP contribution in [0.5, 0.6) is 0 Å². The summed E-state index contributed by atoms with van der Waals surface area (Å²) in [6, 6.07) is 8.58. The molecule has 4 aromatic heterocycles. The van der Waals surface area contributed by atoms with E-state index in [-0.39, 0.29) is 5.41 Å². The average Bonchev–Trinajstić information content (AvgIpc) is 3.24. The summed E-state index contributed by atoms with van der Waals surface area (Å²) in [5, 5.41) is 2.88. The molecular formula is C29H33N5OS. The first kappa shape index (κ1) is 23.4. The number of methoxy groups -OCH3 is 1. The Morgan fingerprint density at radius 1 is 1.19 bits per heavy atom. The number of hydrogen-bond donors (Lipinski definition) is 1. The zero-order valence-electron chi connectivity index (χ0n) is 21.1. The fourth-order valence-corrected chi connectivity index (χ4v) is 6.70. The van der Waals surface area contributed by atoms with Crippen molar-refractivity contribution in [3.63, 3.8) is 0 Å². The highest BCUT2D eigenvalue weighted by Crippen LogP contribution is 2.61. The molecule has 0 radical (unpaired) electrons. The number of nitrogens with zero attached hydrogens (tertiary/aromatic N) is 4. The van der Waals surface area contributed by atoms with Gasteiger partial charge >= 0.3 is 0 Å². The SMILES string of the molecule is C=c1[nH]cc(-c2ccc3nc(C4(C)CC4c4cc(N5CCC(CCOC)CC5)ccn4)sc3n2)c1=C. The molecule has 36 heavy (non-hydrogen) atoms. The van der Waals surface area contributed by atoms with E-state index >= 15 is 0 Å². The topological polar surface area (TPSA) is 66.9 Å². The van der Waals surface area contributed by atoms with E-state index in [0.29, 0.717) is 5.92 Å². The summed E-state index contributed by atoms with van der Waals surface area (Å²) in [6.45, 7) is 13.5. The molecule has 5 heterocycles. The van der Waals surface area contributed by atoms with Crippen LogP contribution in [0.4, 0.5) is 5.69 Å². The summed E-state index contributed by atoms with van der Waals surface area (Å²) < 4.78 is 5.28. The van der Waals surface area contributed by atoms with Gasteiger partial charge < -0.3 is 14.6 Å². The summed E-state index contributed by atoms with van der Waals surface area (Å²) in [5.74, 6) is 1.17. The van der Waals surface area contributed by atoms with Gasteiger partial charge in [-0.2, -0.15) is 0 Å². The molecule has 2 fully saturated rings. The molecule has 1 saturated carbocycles. The molecule has 6 rings (SSSR count). The van der Waals surface area contributed by atoms with E-state index in [1.54, 1.807) is 18.4 Å². The Balaban J connectivity index is 1.20. The first-order valence-corrected chi connectivity index (χ1v) is 13.6. The largest absolute Gasteiger partial charge is 0.385 e. The predicted molar refractivity (Wildman–Crippen MR) is 148 cm³/mol. The van der Waals surface area contributed by atoms with Crippen molar-refractivity contribution in [1.82, 2.24) is 19.9 Å². The van der Waals surface area contributed by atoms with Crippen molar-refractivity contribution in [2.24, 2.45) is 5.92 Å². The highest BCUT2D eigenvalue weighted by Gasteiger charge is 2.55. The van der Waals surface area contributed by atoms with E-state index in [1.807, 2.05) is 18.5 Å². The van der Waals surface area contributed by atoms with Crippen LogP contribution in [-0.4, -0.2) is 46.7 Å². The van der Waals surface area contributed by atoms with Crippen LogP contribution in [0, 0.1) is 5.92 Å². The minimum atomic E-state index is 0.0103. The normalized spacial score (nSPS) is 22.4. The predicted octanol–water partition coefficient (Wildman–Crippen LogP) is 4.60. The van der Waals surface area contributed by atoms with E-state index in [1.165, 1.54) is 30.6 Å². The Labute approximate surface area is 215 Å². The molecule has 1 saturated heterocycles. The minimum Gasteiger partial charge on any atom is -0.385 e. The molecule has 1 aliphatic carbocycles. The Morgan fingerprint density at radius 2 is 2.03 bits per heavy atom. The Morgan fingerprint density at radius 3 is 2.78 bits per heavy atom. The van der Waals surface area contributed by atoms with Crippen molar-refractivity contribution < 1.29 is 4.74 Å². The number of thiazole rings is 1. The number of piperidine rings is 1. The van der Waals surface area contributed by atoms with Crippen LogP contribution in [0.1, 0.15) is 49.2 Å². The molecule has 2 unspecified atom stereocenters. The summed E-state index contributed by atoms with van der Waals surface area (Å²) in [5.41, 5.74) is 5.36. The number of aromatic nitrogens is 4. The zero-order valence-corrected chi connectivity index (χ0v) is 21.9. The summed E-state index contributed by atoms with van der Waals surface area (Å²) in [4.78, 5) is 21.3. The molecule has 0 aromatic carbocycles. The Hall–Kier alpha value is -3.03. The van der Waals surface area contributed by atoms with Gasteiger partial charge in [-0.05, 0) is 55.9 Å². The first-order valence-electron chi connectivity index (χ1n) is 12.8. The third-order valence-corrected chi connectivity index (χ3v) is 9.41. The molecule has 1 N–H and O–H groups in total. The number of nitrogens with one attached hydrogen (secondary N) is 1. The number of ether oxygens (including phenoxy) is 1. The maximum absolute atomic E-state index is 5.28. The van der Waals surface area contributed by atoms with Gasteiger partial charge in [0.15, 0.2) is 0 Å². The van der Waals surface area contributed by atoms with Crippen LogP contribution in [0.25, 0.3) is 34.8 Å². The lowest BCUT2D eigenvalue weighted by atomic mass is 9.93. The van der Waals surface area contributed by atoms with Gasteiger partial charge in [-0.15, -0.1) is 0 Å². The van der Waals surface area contributed by atoms with Crippen LogP contribution < -0.4 is 15.5 Å². The van der Waals surface area contributed by atoms with E-state index in [2.05, 4.69) is 48.2 Å². The van der Waals surface area contributed by atoms with Gasteiger partial charge in [-0.25, -0.2) is 9.97 Å². The summed E-state index contributed by atoms with van der Waals surface area (Å²) >= 11 is 1.71. The Bertz CT molecular complexity index is 1500. The van der Waals surface area contributed by atoms with Gasteiger partial charge in [-0.3, -0.25) is 4.98 Å². The zero-order chi connectivity index (χ0) is 24.9. The maximum atomic E-state index is 5.28. The van der Waals surface area contributed by atoms with Gasteiger partial charge in [0.1, 0.15) is 15.4 Å². The van der Waals surface area contributed by atoms with Gasteiger partial charge in [0, 0.05) is 78.0 Å². The van der Waals surface area contributed by atoms with E-state index < -0.39 is 0 Å². The fraction of sp³-hybridized carbons (Fsp3) is 0.414. The smallest absolute Gasteiger partial charge is 0.144 e. The minimum absolute atomic E-state index is 0.0103.